The van der Waals surface area contributed by atoms with Crippen LogP contribution in [-0.2, 0) is 6.61 Å². The van der Waals surface area contributed by atoms with Gasteiger partial charge in [-0.05, 0) is 24.3 Å². The van der Waals surface area contributed by atoms with E-state index in [4.69, 9.17) is 10.5 Å². The normalized spacial score (nSPS) is 10.2. The molecule has 5 heteroatoms. The van der Waals surface area contributed by atoms with Crippen molar-refractivity contribution in [3.05, 3.63) is 52.4 Å². The molecule has 0 bridgehead atoms. The van der Waals surface area contributed by atoms with Gasteiger partial charge in [0, 0.05) is 16.2 Å². The van der Waals surface area contributed by atoms with Crippen molar-refractivity contribution in [2.75, 3.05) is 5.73 Å². The second-order valence-electron chi connectivity index (χ2n) is 3.41. The number of hydrogen-bond donors (Lipinski definition) is 1. The fraction of sp³-hybridized carbons (Fsp3) is 0.0833. The minimum atomic E-state index is -0.407. The quantitative estimate of drug-likeness (QED) is 0.946. The number of nitrogen functional groups attached to an aromatic ring is 1. The van der Waals surface area contributed by atoms with Crippen LogP contribution in [0.15, 0.2) is 41.0 Å². The molecule has 0 saturated carbocycles. The van der Waals surface area contributed by atoms with Crippen LogP contribution >= 0.6 is 15.9 Å². The van der Waals surface area contributed by atoms with Crippen LogP contribution in [0.3, 0.4) is 0 Å². The largest absolute Gasteiger partial charge is 0.486 e. The number of ether oxygens (including phenoxy) is 1. The summed E-state index contributed by atoms with van der Waals surface area (Å²) in [6.07, 6.45) is 1.60. The van der Waals surface area contributed by atoms with Crippen molar-refractivity contribution in [3.8, 4) is 5.75 Å². The minimum absolute atomic E-state index is 0.183. The number of benzene rings is 1. The number of hydrogen-bond acceptors (Lipinski definition) is 3. The molecule has 2 rings (SSSR count). The van der Waals surface area contributed by atoms with Gasteiger partial charge in [-0.3, -0.25) is 0 Å². The average Bonchev–Trinajstić information content (AvgIpc) is 2.32. The van der Waals surface area contributed by atoms with E-state index in [-0.39, 0.29) is 12.4 Å². The van der Waals surface area contributed by atoms with Crippen molar-refractivity contribution >= 4 is 21.7 Å². The molecule has 88 valence electrons. The number of nitrogens with zero attached hydrogens (tertiary/aromatic N) is 1. The summed E-state index contributed by atoms with van der Waals surface area (Å²) in [6.45, 7) is 0.188. The zero-order chi connectivity index (χ0) is 12.3. The van der Waals surface area contributed by atoms with Crippen LogP contribution in [0, 0.1) is 5.82 Å². The Labute approximate surface area is 107 Å². The highest BCUT2D eigenvalue weighted by Gasteiger charge is 2.06. The summed E-state index contributed by atoms with van der Waals surface area (Å²) < 4.78 is 19.5. The maximum absolute atomic E-state index is 13.4. The lowest BCUT2D eigenvalue weighted by Crippen LogP contribution is -2.02. The first-order valence-corrected chi connectivity index (χ1v) is 5.73. The second kappa shape index (κ2) is 5.14. The zero-order valence-corrected chi connectivity index (χ0v) is 10.4. The van der Waals surface area contributed by atoms with Crippen molar-refractivity contribution in [2.45, 2.75) is 6.61 Å². The SMILES string of the molecule is Nc1ncccc1COc1cc(Br)ccc1F. The van der Waals surface area contributed by atoms with Gasteiger partial charge < -0.3 is 10.5 Å². The molecule has 17 heavy (non-hydrogen) atoms. The third kappa shape index (κ3) is 2.94. The molecule has 3 nitrogen and oxygen atoms in total. The standard InChI is InChI=1S/C12H10BrFN2O/c13-9-3-4-10(14)11(6-9)17-7-8-2-1-5-16-12(8)15/h1-6H,7H2,(H2,15,16). The molecule has 1 heterocycles. The lowest BCUT2D eigenvalue weighted by Gasteiger charge is -2.08. The molecule has 0 radical (unpaired) electrons. The van der Waals surface area contributed by atoms with E-state index in [1.165, 1.54) is 6.07 Å². The number of pyridine rings is 1. The highest BCUT2D eigenvalue weighted by atomic mass is 79.9. The van der Waals surface area contributed by atoms with Crippen LogP contribution in [0.1, 0.15) is 5.56 Å². The van der Waals surface area contributed by atoms with Crippen molar-refractivity contribution in [1.29, 1.82) is 0 Å². The topological polar surface area (TPSA) is 48.1 Å². The Morgan fingerprint density at radius 3 is 2.94 bits per heavy atom. The van der Waals surface area contributed by atoms with Crippen LogP contribution in [0.5, 0.6) is 5.75 Å². The van der Waals surface area contributed by atoms with Crippen molar-refractivity contribution in [2.24, 2.45) is 0 Å². The molecule has 1 aromatic heterocycles. The Morgan fingerprint density at radius 2 is 2.18 bits per heavy atom. The average molecular weight is 297 g/mol. The molecule has 2 aromatic rings. The molecular formula is C12H10BrFN2O. The summed E-state index contributed by atoms with van der Waals surface area (Å²) >= 11 is 3.25. The maximum atomic E-state index is 13.4. The first-order chi connectivity index (χ1) is 8.16. The van der Waals surface area contributed by atoms with E-state index >= 15 is 0 Å². The molecule has 0 atom stereocenters. The molecule has 0 spiro atoms. The fourth-order valence-corrected chi connectivity index (χ4v) is 1.66. The van der Waals surface area contributed by atoms with Crippen LogP contribution < -0.4 is 10.5 Å². The van der Waals surface area contributed by atoms with Gasteiger partial charge in [-0.25, -0.2) is 9.37 Å². The molecule has 0 aliphatic heterocycles. The summed E-state index contributed by atoms with van der Waals surface area (Å²) in [6, 6.07) is 8.07. The van der Waals surface area contributed by atoms with Crippen LogP contribution in [0.2, 0.25) is 0 Å². The molecule has 0 amide bonds. The first-order valence-electron chi connectivity index (χ1n) is 4.94. The number of nitrogens with two attached hydrogens (primary N) is 1. The highest BCUT2D eigenvalue weighted by Crippen LogP contribution is 2.23. The van der Waals surface area contributed by atoms with Gasteiger partial charge in [0.15, 0.2) is 11.6 Å². The number of halogens is 2. The van der Waals surface area contributed by atoms with Gasteiger partial charge >= 0.3 is 0 Å². The van der Waals surface area contributed by atoms with Gasteiger partial charge in [0.05, 0.1) is 0 Å². The third-order valence-corrected chi connectivity index (χ3v) is 2.70. The summed E-state index contributed by atoms with van der Waals surface area (Å²) in [4.78, 5) is 3.93. The van der Waals surface area contributed by atoms with E-state index in [0.29, 0.717) is 5.82 Å². The number of rotatable bonds is 3. The highest BCUT2D eigenvalue weighted by molar-refractivity contribution is 9.10. The summed E-state index contributed by atoms with van der Waals surface area (Å²) in [7, 11) is 0. The van der Waals surface area contributed by atoms with E-state index in [1.807, 2.05) is 0 Å². The lowest BCUT2D eigenvalue weighted by molar-refractivity contribution is 0.290. The smallest absolute Gasteiger partial charge is 0.165 e. The van der Waals surface area contributed by atoms with Crippen molar-refractivity contribution < 1.29 is 9.13 Å². The predicted molar refractivity (Wildman–Crippen MR) is 67.1 cm³/mol. The number of aromatic nitrogens is 1. The minimum Gasteiger partial charge on any atom is -0.486 e. The molecule has 0 aliphatic carbocycles. The molecule has 2 N–H and O–H groups in total. The Balaban J connectivity index is 2.12. The lowest BCUT2D eigenvalue weighted by atomic mass is 10.2. The van der Waals surface area contributed by atoms with Gasteiger partial charge in [-0.2, -0.15) is 0 Å². The van der Waals surface area contributed by atoms with E-state index < -0.39 is 5.82 Å². The first kappa shape index (κ1) is 11.9. The maximum Gasteiger partial charge on any atom is 0.165 e. The van der Waals surface area contributed by atoms with Crippen LogP contribution in [0.4, 0.5) is 10.2 Å². The van der Waals surface area contributed by atoms with Gasteiger partial charge in [-0.15, -0.1) is 0 Å². The van der Waals surface area contributed by atoms with Gasteiger partial charge in [-0.1, -0.05) is 22.0 Å². The monoisotopic (exact) mass is 296 g/mol. The van der Waals surface area contributed by atoms with Crippen molar-refractivity contribution in [1.82, 2.24) is 4.98 Å². The Morgan fingerprint density at radius 1 is 1.35 bits per heavy atom. The molecular weight excluding hydrogens is 287 g/mol. The van der Waals surface area contributed by atoms with Gasteiger partial charge in [0.25, 0.3) is 0 Å². The van der Waals surface area contributed by atoms with Crippen LogP contribution in [-0.4, -0.2) is 4.98 Å². The summed E-state index contributed by atoms with van der Waals surface area (Å²) in [5.41, 5.74) is 6.39. The molecule has 0 fully saturated rings. The predicted octanol–water partition coefficient (Wildman–Crippen LogP) is 3.14. The molecule has 0 saturated heterocycles. The van der Waals surface area contributed by atoms with Gasteiger partial charge in [0.2, 0.25) is 0 Å². The summed E-state index contributed by atoms with van der Waals surface area (Å²) in [5.74, 6) is 0.168. The van der Waals surface area contributed by atoms with E-state index in [9.17, 15) is 4.39 Å². The van der Waals surface area contributed by atoms with E-state index in [1.54, 1.807) is 30.5 Å². The van der Waals surface area contributed by atoms with E-state index in [2.05, 4.69) is 20.9 Å². The third-order valence-electron chi connectivity index (χ3n) is 2.20. The van der Waals surface area contributed by atoms with Crippen LogP contribution in [0.25, 0.3) is 0 Å². The van der Waals surface area contributed by atoms with E-state index in [0.717, 1.165) is 10.0 Å². The Kier molecular flexibility index (Phi) is 3.58. The molecule has 0 aliphatic rings. The zero-order valence-electron chi connectivity index (χ0n) is 8.86. The second-order valence-corrected chi connectivity index (χ2v) is 4.33. The number of anilines is 1. The Hall–Kier alpha value is -1.62. The fourth-order valence-electron chi connectivity index (χ4n) is 1.32. The van der Waals surface area contributed by atoms with Gasteiger partial charge in [0.1, 0.15) is 12.4 Å². The van der Waals surface area contributed by atoms with Crippen molar-refractivity contribution in [3.63, 3.8) is 0 Å². The molecule has 0 unspecified atom stereocenters. The molecule has 1 aromatic carbocycles. The summed E-state index contributed by atoms with van der Waals surface area (Å²) in [5, 5.41) is 0. The Bertz CT molecular complexity index is 534.